The fraction of sp³-hybridized carbons (Fsp3) is 0.143. The molecule has 2 aromatic carbocycles. The molecule has 5 nitrogen and oxygen atoms in total. The Hall–Kier alpha value is -2.12. The number of nitrogens with two attached hydrogens (primary N) is 1. The van der Waals surface area contributed by atoms with Gasteiger partial charge in [0.15, 0.2) is 0 Å². The second-order valence-electron chi connectivity index (χ2n) is 4.20. The molecule has 0 atom stereocenters. The maximum Gasteiger partial charge on any atom is 0.264 e. The van der Waals surface area contributed by atoms with Crippen LogP contribution in [-0.4, -0.2) is 21.6 Å². The Morgan fingerprint density at radius 3 is 2.38 bits per heavy atom. The van der Waals surface area contributed by atoms with Crippen LogP contribution < -0.4 is 15.2 Å². The smallest absolute Gasteiger partial charge is 0.264 e. The number of halogens is 1. The van der Waals surface area contributed by atoms with Crippen molar-refractivity contribution in [1.82, 2.24) is 0 Å². The van der Waals surface area contributed by atoms with Crippen molar-refractivity contribution in [3.63, 3.8) is 0 Å². The summed E-state index contributed by atoms with van der Waals surface area (Å²) in [5, 5.41) is 0. The van der Waals surface area contributed by atoms with Crippen molar-refractivity contribution in [2.24, 2.45) is 5.73 Å². The van der Waals surface area contributed by atoms with E-state index in [1.165, 1.54) is 30.3 Å². The molecule has 2 rings (SSSR count). The van der Waals surface area contributed by atoms with Crippen LogP contribution in [-0.2, 0) is 10.0 Å². The molecule has 0 spiro atoms. The van der Waals surface area contributed by atoms with Crippen molar-refractivity contribution in [2.45, 2.75) is 4.90 Å². The van der Waals surface area contributed by atoms with Gasteiger partial charge in [0, 0.05) is 12.2 Å². The summed E-state index contributed by atoms with van der Waals surface area (Å²) in [6.07, 6.45) is 0. The molecule has 0 fully saturated rings. The highest BCUT2D eigenvalue weighted by atomic mass is 32.2. The summed E-state index contributed by atoms with van der Waals surface area (Å²) >= 11 is 0. The fourth-order valence-corrected chi connectivity index (χ4v) is 2.81. The second-order valence-corrected chi connectivity index (χ2v) is 5.85. The Balaban J connectivity index is 2.16. The number of benzene rings is 2. The molecule has 2 aromatic rings. The third-order valence-electron chi connectivity index (χ3n) is 2.62. The zero-order chi connectivity index (χ0) is 15.3. The monoisotopic (exact) mass is 310 g/mol. The fourth-order valence-electron chi connectivity index (χ4n) is 1.67. The molecular formula is C14H15FN2O3S. The molecule has 0 aliphatic heterocycles. The third kappa shape index (κ3) is 3.93. The maximum atomic E-state index is 13.5. The summed E-state index contributed by atoms with van der Waals surface area (Å²) in [5.74, 6) is -0.220. The molecule has 0 aromatic heterocycles. The number of nitrogens with one attached hydrogen (secondary N) is 1. The molecule has 0 saturated carbocycles. The average molecular weight is 310 g/mol. The lowest BCUT2D eigenvalue weighted by Crippen LogP contribution is -2.14. The summed E-state index contributed by atoms with van der Waals surface area (Å²) in [5.41, 5.74) is 5.63. The van der Waals surface area contributed by atoms with Gasteiger partial charge in [-0.1, -0.05) is 12.1 Å². The SMILES string of the molecule is NCCOc1ccc(NS(=O)(=O)c2ccccc2F)cc1. The number of sulfonamides is 1. The zero-order valence-electron chi connectivity index (χ0n) is 11.1. The first-order valence-corrected chi connectivity index (χ1v) is 7.71. The van der Waals surface area contributed by atoms with Crippen LogP contribution in [0.15, 0.2) is 53.4 Å². The van der Waals surface area contributed by atoms with E-state index in [4.69, 9.17) is 10.5 Å². The third-order valence-corrected chi connectivity index (χ3v) is 4.03. The normalized spacial score (nSPS) is 11.1. The van der Waals surface area contributed by atoms with Crippen LogP contribution >= 0.6 is 0 Å². The standard InChI is InChI=1S/C14H15FN2O3S/c15-13-3-1-2-4-14(13)21(18,19)17-11-5-7-12(8-6-11)20-10-9-16/h1-8,17H,9-10,16H2. The molecule has 0 aliphatic carbocycles. The van der Waals surface area contributed by atoms with Gasteiger partial charge in [-0.15, -0.1) is 0 Å². The summed E-state index contributed by atoms with van der Waals surface area (Å²) in [6, 6.07) is 11.5. The number of hydrogen-bond acceptors (Lipinski definition) is 4. The van der Waals surface area contributed by atoms with Crippen molar-refractivity contribution >= 4 is 15.7 Å². The van der Waals surface area contributed by atoms with Crippen LogP contribution in [0.2, 0.25) is 0 Å². The molecule has 112 valence electrons. The summed E-state index contributed by atoms with van der Waals surface area (Å²) in [7, 11) is -3.96. The van der Waals surface area contributed by atoms with Crippen LogP contribution in [0.3, 0.4) is 0 Å². The molecule has 0 radical (unpaired) electrons. The lowest BCUT2D eigenvalue weighted by atomic mass is 10.3. The van der Waals surface area contributed by atoms with E-state index in [1.54, 1.807) is 12.1 Å². The molecule has 0 bridgehead atoms. The lowest BCUT2D eigenvalue weighted by molar-refractivity contribution is 0.328. The van der Waals surface area contributed by atoms with Crippen molar-refractivity contribution in [3.8, 4) is 5.75 Å². The summed E-state index contributed by atoms with van der Waals surface area (Å²) in [4.78, 5) is -0.395. The zero-order valence-corrected chi connectivity index (χ0v) is 11.9. The summed E-state index contributed by atoms with van der Waals surface area (Å²) < 4.78 is 45.3. The van der Waals surface area contributed by atoms with Crippen molar-refractivity contribution in [3.05, 3.63) is 54.3 Å². The van der Waals surface area contributed by atoms with E-state index in [0.29, 0.717) is 24.6 Å². The minimum Gasteiger partial charge on any atom is -0.492 e. The highest BCUT2D eigenvalue weighted by Crippen LogP contribution is 2.20. The minimum absolute atomic E-state index is 0.318. The van der Waals surface area contributed by atoms with E-state index in [2.05, 4.69) is 4.72 Å². The molecule has 0 saturated heterocycles. The Bertz CT molecular complexity index is 702. The van der Waals surface area contributed by atoms with Gasteiger partial charge >= 0.3 is 0 Å². The van der Waals surface area contributed by atoms with E-state index in [-0.39, 0.29) is 0 Å². The van der Waals surface area contributed by atoms with E-state index < -0.39 is 20.7 Å². The molecule has 0 aliphatic rings. The van der Waals surface area contributed by atoms with Gasteiger partial charge in [0.05, 0.1) is 0 Å². The minimum atomic E-state index is -3.96. The summed E-state index contributed by atoms with van der Waals surface area (Å²) in [6.45, 7) is 0.766. The van der Waals surface area contributed by atoms with Gasteiger partial charge in [0.25, 0.3) is 10.0 Å². The quantitative estimate of drug-likeness (QED) is 0.854. The van der Waals surface area contributed by atoms with Crippen molar-refractivity contribution in [2.75, 3.05) is 17.9 Å². The Labute approximate surface area is 122 Å². The van der Waals surface area contributed by atoms with Gasteiger partial charge in [-0.25, -0.2) is 12.8 Å². The Morgan fingerprint density at radius 1 is 1.10 bits per heavy atom. The maximum absolute atomic E-state index is 13.5. The predicted octanol–water partition coefficient (Wildman–Crippen LogP) is 1.96. The molecule has 3 N–H and O–H groups in total. The topological polar surface area (TPSA) is 81.4 Å². The van der Waals surface area contributed by atoms with Gasteiger partial charge in [-0.3, -0.25) is 4.72 Å². The molecule has 0 heterocycles. The first-order valence-electron chi connectivity index (χ1n) is 6.23. The van der Waals surface area contributed by atoms with Crippen LogP contribution in [0.25, 0.3) is 0 Å². The van der Waals surface area contributed by atoms with Gasteiger partial charge in [0.2, 0.25) is 0 Å². The average Bonchev–Trinajstić information content (AvgIpc) is 2.46. The number of anilines is 1. The van der Waals surface area contributed by atoms with Gasteiger partial charge in [-0.2, -0.15) is 0 Å². The van der Waals surface area contributed by atoms with Crippen molar-refractivity contribution < 1.29 is 17.5 Å². The van der Waals surface area contributed by atoms with E-state index >= 15 is 0 Å². The van der Waals surface area contributed by atoms with Crippen LogP contribution in [0.5, 0.6) is 5.75 Å². The molecule has 21 heavy (non-hydrogen) atoms. The second kappa shape index (κ2) is 6.55. The number of ether oxygens (including phenoxy) is 1. The predicted molar refractivity (Wildman–Crippen MR) is 78.2 cm³/mol. The Morgan fingerprint density at radius 2 is 1.76 bits per heavy atom. The van der Waals surface area contributed by atoms with Gasteiger partial charge in [-0.05, 0) is 36.4 Å². The van der Waals surface area contributed by atoms with E-state index in [1.807, 2.05) is 0 Å². The van der Waals surface area contributed by atoms with Crippen molar-refractivity contribution in [1.29, 1.82) is 0 Å². The van der Waals surface area contributed by atoms with E-state index in [0.717, 1.165) is 6.07 Å². The van der Waals surface area contributed by atoms with Gasteiger partial charge < -0.3 is 10.5 Å². The van der Waals surface area contributed by atoms with Gasteiger partial charge in [0.1, 0.15) is 23.1 Å². The number of rotatable bonds is 6. The number of hydrogen-bond donors (Lipinski definition) is 2. The Kier molecular flexibility index (Phi) is 4.77. The first-order chi connectivity index (χ1) is 10.0. The van der Waals surface area contributed by atoms with Crippen LogP contribution in [0, 0.1) is 5.82 Å². The molecule has 0 amide bonds. The van der Waals surface area contributed by atoms with Crippen LogP contribution in [0.1, 0.15) is 0 Å². The van der Waals surface area contributed by atoms with E-state index in [9.17, 15) is 12.8 Å². The van der Waals surface area contributed by atoms with Crippen LogP contribution in [0.4, 0.5) is 10.1 Å². The largest absolute Gasteiger partial charge is 0.492 e. The highest BCUT2D eigenvalue weighted by Gasteiger charge is 2.18. The lowest BCUT2D eigenvalue weighted by Gasteiger charge is -2.10. The molecule has 7 heteroatoms. The molecular weight excluding hydrogens is 295 g/mol. The highest BCUT2D eigenvalue weighted by molar-refractivity contribution is 7.92. The molecule has 0 unspecified atom stereocenters. The first kappa shape index (κ1) is 15.3.